The largest absolute Gasteiger partial charge is 0.317 e. The lowest BCUT2D eigenvalue weighted by Gasteiger charge is -2.19. The molecule has 5 heteroatoms. The van der Waals surface area contributed by atoms with Crippen molar-refractivity contribution in [2.45, 2.75) is 18.1 Å². The molecule has 1 rings (SSSR count). The lowest BCUT2D eigenvalue weighted by molar-refractivity contribution is 0.503. The summed E-state index contributed by atoms with van der Waals surface area (Å²) >= 11 is 0. The van der Waals surface area contributed by atoms with E-state index in [4.69, 9.17) is 10.7 Å². The van der Waals surface area contributed by atoms with Gasteiger partial charge in [0, 0.05) is 10.7 Å². The van der Waals surface area contributed by atoms with E-state index in [2.05, 4.69) is 5.32 Å². The summed E-state index contributed by atoms with van der Waals surface area (Å²) in [6, 6.07) is 0. The molecule has 0 saturated carbocycles. The second kappa shape index (κ2) is 3.07. The quantitative estimate of drug-likeness (QED) is 0.596. The molecule has 0 aromatic rings. The normalized spacial score (nSPS) is 22.9. The fraction of sp³-hybridized carbons (Fsp3) is 1.00. The van der Waals surface area contributed by atoms with Crippen molar-refractivity contribution in [1.29, 1.82) is 0 Å². The molecule has 1 heterocycles. The summed E-state index contributed by atoms with van der Waals surface area (Å²) in [6.45, 7) is 1.52. The van der Waals surface area contributed by atoms with E-state index in [0.29, 0.717) is 12.8 Å². The fourth-order valence-corrected chi connectivity index (χ4v) is 2.41. The first-order chi connectivity index (χ1) is 4.61. The van der Waals surface area contributed by atoms with Crippen LogP contribution in [0.4, 0.5) is 0 Å². The third kappa shape index (κ3) is 2.11. The molecule has 0 unspecified atom stereocenters. The predicted octanol–water partition coefficient (Wildman–Crippen LogP) is 0.307. The van der Waals surface area contributed by atoms with Crippen LogP contribution in [0, 0.1) is 0 Å². The van der Waals surface area contributed by atoms with E-state index in [1.807, 2.05) is 0 Å². The van der Waals surface area contributed by atoms with Gasteiger partial charge < -0.3 is 5.32 Å². The lowest BCUT2D eigenvalue weighted by atomic mass is 10.2. The van der Waals surface area contributed by atoms with Crippen LogP contribution in [0.2, 0.25) is 0 Å². The Morgan fingerprint density at radius 1 is 1.30 bits per heavy atom. The molecule has 1 aliphatic rings. The highest BCUT2D eigenvalue weighted by Crippen LogP contribution is 2.16. The average Bonchev–Trinajstić information content (AvgIpc) is 1.88. The Morgan fingerprint density at radius 2 is 1.80 bits per heavy atom. The minimum atomic E-state index is -3.29. The Kier molecular flexibility index (Phi) is 2.55. The number of piperidine rings is 1. The molecule has 0 bridgehead atoms. The molecular weight excluding hydrogens is 174 g/mol. The molecule has 0 aliphatic carbocycles. The van der Waals surface area contributed by atoms with Crippen LogP contribution in [0.3, 0.4) is 0 Å². The highest BCUT2D eigenvalue weighted by Gasteiger charge is 2.24. The van der Waals surface area contributed by atoms with Crippen molar-refractivity contribution in [1.82, 2.24) is 5.32 Å². The molecule has 0 aromatic carbocycles. The summed E-state index contributed by atoms with van der Waals surface area (Å²) in [4.78, 5) is 0. The summed E-state index contributed by atoms with van der Waals surface area (Å²) in [5.74, 6) is 0. The Labute approximate surface area is 65.2 Å². The van der Waals surface area contributed by atoms with Gasteiger partial charge in [0.25, 0.3) is 0 Å². The predicted molar refractivity (Wildman–Crippen MR) is 40.7 cm³/mol. The van der Waals surface area contributed by atoms with Crippen molar-refractivity contribution >= 4 is 19.7 Å². The Morgan fingerprint density at radius 3 is 2.10 bits per heavy atom. The molecule has 1 aliphatic heterocycles. The standard InChI is InChI=1S/C5H10ClNO2S/c6-10(8,9)5-1-3-7-4-2-5/h5,7H,1-4H2. The van der Waals surface area contributed by atoms with Crippen molar-refractivity contribution < 1.29 is 8.42 Å². The Bertz CT molecular complexity index is 196. The molecule has 60 valence electrons. The van der Waals surface area contributed by atoms with Crippen LogP contribution in [0.5, 0.6) is 0 Å². The first-order valence-electron chi connectivity index (χ1n) is 3.25. The van der Waals surface area contributed by atoms with E-state index in [-0.39, 0.29) is 5.25 Å². The topological polar surface area (TPSA) is 46.2 Å². The van der Waals surface area contributed by atoms with Crippen LogP contribution in [0.15, 0.2) is 0 Å². The molecule has 0 atom stereocenters. The van der Waals surface area contributed by atoms with Gasteiger partial charge in [-0.3, -0.25) is 0 Å². The van der Waals surface area contributed by atoms with Gasteiger partial charge in [-0.05, 0) is 25.9 Å². The summed E-state index contributed by atoms with van der Waals surface area (Å²) in [6.07, 6.45) is 1.29. The average molecular weight is 184 g/mol. The summed E-state index contributed by atoms with van der Waals surface area (Å²) in [7, 11) is 1.86. The Hall–Kier alpha value is 0.200. The van der Waals surface area contributed by atoms with E-state index < -0.39 is 9.05 Å². The zero-order valence-corrected chi connectivity index (χ0v) is 7.08. The number of nitrogens with one attached hydrogen (secondary N) is 1. The molecule has 1 fully saturated rings. The second-order valence-corrected chi connectivity index (χ2v) is 5.33. The minimum Gasteiger partial charge on any atom is -0.317 e. The van der Waals surface area contributed by atoms with Gasteiger partial charge in [0.15, 0.2) is 0 Å². The van der Waals surface area contributed by atoms with Crippen LogP contribution in [-0.4, -0.2) is 26.8 Å². The zero-order chi connectivity index (χ0) is 7.61. The lowest BCUT2D eigenvalue weighted by Crippen LogP contribution is -2.33. The summed E-state index contributed by atoms with van der Waals surface area (Å²) in [5, 5.41) is 2.74. The number of hydrogen-bond acceptors (Lipinski definition) is 3. The minimum absolute atomic E-state index is 0.324. The van der Waals surface area contributed by atoms with Gasteiger partial charge in [-0.1, -0.05) is 0 Å². The smallest absolute Gasteiger partial charge is 0.235 e. The van der Waals surface area contributed by atoms with Crippen molar-refractivity contribution in [2.75, 3.05) is 13.1 Å². The van der Waals surface area contributed by atoms with Crippen LogP contribution in [0.25, 0.3) is 0 Å². The molecular formula is C5H10ClNO2S. The van der Waals surface area contributed by atoms with Crippen molar-refractivity contribution in [3.8, 4) is 0 Å². The summed E-state index contributed by atoms with van der Waals surface area (Å²) in [5.41, 5.74) is 0. The van der Waals surface area contributed by atoms with Crippen molar-refractivity contribution in [3.05, 3.63) is 0 Å². The highest BCUT2D eigenvalue weighted by molar-refractivity contribution is 8.14. The van der Waals surface area contributed by atoms with Crippen molar-refractivity contribution in [2.24, 2.45) is 0 Å². The number of hydrogen-bond donors (Lipinski definition) is 1. The van der Waals surface area contributed by atoms with Gasteiger partial charge >= 0.3 is 0 Å². The van der Waals surface area contributed by atoms with Gasteiger partial charge in [-0.15, -0.1) is 0 Å². The van der Waals surface area contributed by atoms with Gasteiger partial charge in [-0.2, -0.15) is 0 Å². The van der Waals surface area contributed by atoms with E-state index in [1.165, 1.54) is 0 Å². The van der Waals surface area contributed by atoms with Crippen molar-refractivity contribution in [3.63, 3.8) is 0 Å². The molecule has 0 aromatic heterocycles. The summed E-state index contributed by atoms with van der Waals surface area (Å²) < 4.78 is 21.4. The third-order valence-corrected chi connectivity index (χ3v) is 3.71. The van der Waals surface area contributed by atoms with E-state index in [9.17, 15) is 8.42 Å². The molecule has 1 saturated heterocycles. The molecule has 0 radical (unpaired) electrons. The number of rotatable bonds is 1. The first-order valence-corrected chi connectivity index (χ1v) is 5.62. The van der Waals surface area contributed by atoms with Gasteiger partial charge in [0.1, 0.15) is 0 Å². The molecule has 0 amide bonds. The van der Waals surface area contributed by atoms with Gasteiger partial charge in [0.05, 0.1) is 5.25 Å². The second-order valence-electron chi connectivity index (χ2n) is 2.42. The number of halogens is 1. The SMILES string of the molecule is O=S(=O)(Cl)C1CCNCC1. The Balaban J connectivity index is 2.56. The first kappa shape index (κ1) is 8.30. The van der Waals surface area contributed by atoms with E-state index in [0.717, 1.165) is 13.1 Å². The zero-order valence-electron chi connectivity index (χ0n) is 5.51. The maximum Gasteiger partial charge on any atom is 0.235 e. The van der Waals surface area contributed by atoms with E-state index in [1.54, 1.807) is 0 Å². The van der Waals surface area contributed by atoms with E-state index >= 15 is 0 Å². The molecule has 3 nitrogen and oxygen atoms in total. The maximum absolute atomic E-state index is 10.7. The van der Waals surface area contributed by atoms with Crippen LogP contribution >= 0.6 is 10.7 Å². The van der Waals surface area contributed by atoms with Gasteiger partial charge in [-0.25, -0.2) is 8.42 Å². The van der Waals surface area contributed by atoms with Crippen LogP contribution in [-0.2, 0) is 9.05 Å². The fourth-order valence-electron chi connectivity index (χ4n) is 1.08. The molecule has 1 N–H and O–H groups in total. The maximum atomic E-state index is 10.7. The van der Waals surface area contributed by atoms with Gasteiger partial charge in [0.2, 0.25) is 9.05 Å². The highest BCUT2D eigenvalue weighted by atomic mass is 35.7. The molecule has 10 heavy (non-hydrogen) atoms. The third-order valence-electron chi connectivity index (χ3n) is 1.68. The van der Waals surface area contributed by atoms with Crippen LogP contribution in [0.1, 0.15) is 12.8 Å². The van der Waals surface area contributed by atoms with Crippen LogP contribution < -0.4 is 5.32 Å². The molecule has 0 spiro atoms. The monoisotopic (exact) mass is 183 g/mol.